The molecule has 0 spiro atoms. The molecule has 150 valence electrons. The maximum absolute atomic E-state index is 12.8. The number of hydrogen-bond acceptors (Lipinski definition) is 4. The van der Waals surface area contributed by atoms with Gasteiger partial charge in [0.1, 0.15) is 11.8 Å². The van der Waals surface area contributed by atoms with Gasteiger partial charge in [-0.2, -0.15) is 0 Å². The number of ether oxygens (including phenoxy) is 1. The van der Waals surface area contributed by atoms with Gasteiger partial charge >= 0.3 is 5.97 Å². The van der Waals surface area contributed by atoms with Crippen LogP contribution in [0.1, 0.15) is 45.2 Å². The first-order valence-corrected chi connectivity index (χ1v) is 9.83. The van der Waals surface area contributed by atoms with E-state index in [1.54, 1.807) is 6.92 Å². The fourth-order valence-electron chi connectivity index (χ4n) is 2.99. The second kappa shape index (κ2) is 10.2. The van der Waals surface area contributed by atoms with Gasteiger partial charge < -0.3 is 4.74 Å². The third-order valence-corrected chi connectivity index (χ3v) is 4.67. The standard InChI is InChI=1S/C24H31NO3/c1-5-28-23(27)21(16-22(26)24(2,3)4)25(17-19-12-8-6-9-13-19)18-20-14-10-7-11-15-20/h6-15,21H,5,16-18H2,1-4H3. The van der Waals surface area contributed by atoms with E-state index < -0.39 is 11.5 Å². The second-order valence-electron chi connectivity index (χ2n) is 8.02. The van der Waals surface area contributed by atoms with Crippen molar-refractivity contribution in [3.05, 3.63) is 71.8 Å². The molecule has 0 aliphatic carbocycles. The van der Waals surface area contributed by atoms with Gasteiger partial charge in [-0.25, -0.2) is 0 Å². The minimum Gasteiger partial charge on any atom is -0.465 e. The zero-order chi connectivity index (χ0) is 20.6. The summed E-state index contributed by atoms with van der Waals surface area (Å²) in [5.41, 5.74) is 1.68. The molecule has 0 saturated heterocycles. The van der Waals surface area contributed by atoms with Crippen LogP contribution in [0.2, 0.25) is 0 Å². The molecule has 1 atom stereocenters. The molecule has 2 aromatic rings. The van der Waals surface area contributed by atoms with Crippen molar-refractivity contribution in [1.29, 1.82) is 0 Å². The third kappa shape index (κ3) is 6.61. The number of carbonyl (C=O) groups is 2. The maximum atomic E-state index is 12.8. The summed E-state index contributed by atoms with van der Waals surface area (Å²) < 4.78 is 5.34. The Kier molecular flexibility index (Phi) is 7.94. The quantitative estimate of drug-likeness (QED) is 0.594. The first kappa shape index (κ1) is 21.8. The van der Waals surface area contributed by atoms with E-state index in [0.717, 1.165) is 11.1 Å². The summed E-state index contributed by atoms with van der Waals surface area (Å²) in [5, 5.41) is 0. The number of benzene rings is 2. The lowest BCUT2D eigenvalue weighted by molar-refractivity contribution is -0.152. The molecule has 4 heteroatoms. The molecule has 0 aliphatic rings. The molecule has 0 fully saturated rings. The van der Waals surface area contributed by atoms with E-state index in [2.05, 4.69) is 0 Å². The molecule has 0 heterocycles. The molecule has 0 aromatic heterocycles. The highest BCUT2D eigenvalue weighted by Gasteiger charge is 2.33. The molecule has 0 aliphatic heterocycles. The Morgan fingerprint density at radius 2 is 1.36 bits per heavy atom. The highest BCUT2D eigenvalue weighted by Crippen LogP contribution is 2.23. The number of rotatable bonds is 9. The van der Waals surface area contributed by atoms with E-state index >= 15 is 0 Å². The molecule has 0 N–H and O–H groups in total. The van der Waals surface area contributed by atoms with Crippen LogP contribution < -0.4 is 0 Å². The molecule has 0 amide bonds. The van der Waals surface area contributed by atoms with Crippen molar-refractivity contribution < 1.29 is 14.3 Å². The van der Waals surface area contributed by atoms with Crippen molar-refractivity contribution in [2.75, 3.05) is 6.61 Å². The maximum Gasteiger partial charge on any atom is 0.323 e. The lowest BCUT2D eigenvalue weighted by atomic mass is 9.86. The lowest BCUT2D eigenvalue weighted by Gasteiger charge is -2.31. The van der Waals surface area contributed by atoms with Crippen LogP contribution in [0.4, 0.5) is 0 Å². The molecule has 0 radical (unpaired) electrons. The van der Waals surface area contributed by atoms with Crippen LogP contribution in [0.5, 0.6) is 0 Å². The average molecular weight is 382 g/mol. The van der Waals surface area contributed by atoms with E-state index in [1.807, 2.05) is 86.3 Å². The Balaban J connectivity index is 2.34. The van der Waals surface area contributed by atoms with E-state index in [4.69, 9.17) is 4.74 Å². The number of ketones is 1. The van der Waals surface area contributed by atoms with E-state index in [9.17, 15) is 9.59 Å². The highest BCUT2D eigenvalue weighted by molar-refractivity contribution is 5.89. The van der Waals surface area contributed by atoms with Crippen LogP contribution in [0.3, 0.4) is 0 Å². The predicted molar refractivity (Wildman–Crippen MR) is 112 cm³/mol. The van der Waals surface area contributed by atoms with E-state index in [-0.39, 0.29) is 18.2 Å². The lowest BCUT2D eigenvalue weighted by Crippen LogP contribution is -2.44. The fourth-order valence-corrected chi connectivity index (χ4v) is 2.99. The van der Waals surface area contributed by atoms with Crippen LogP contribution >= 0.6 is 0 Å². The summed E-state index contributed by atoms with van der Waals surface area (Å²) in [6, 6.07) is 19.4. The van der Waals surface area contributed by atoms with Crippen LogP contribution in [-0.4, -0.2) is 29.3 Å². The fraction of sp³-hybridized carbons (Fsp3) is 0.417. The molecule has 0 saturated carbocycles. The average Bonchev–Trinajstić information content (AvgIpc) is 2.66. The Hall–Kier alpha value is -2.46. The minimum absolute atomic E-state index is 0.0525. The Morgan fingerprint density at radius 1 is 0.893 bits per heavy atom. The van der Waals surface area contributed by atoms with Crippen molar-refractivity contribution in [1.82, 2.24) is 4.90 Å². The highest BCUT2D eigenvalue weighted by atomic mass is 16.5. The molecule has 0 bridgehead atoms. The molecule has 28 heavy (non-hydrogen) atoms. The van der Waals surface area contributed by atoms with E-state index in [1.165, 1.54) is 0 Å². The SMILES string of the molecule is CCOC(=O)C(CC(=O)C(C)(C)C)N(Cc1ccccc1)Cc1ccccc1. The normalized spacial score (nSPS) is 12.6. The summed E-state index contributed by atoms with van der Waals surface area (Å²) >= 11 is 0. The molecular weight excluding hydrogens is 350 g/mol. The van der Waals surface area contributed by atoms with Gasteiger partial charge in [0.05, 0.1) is 6.61 Å². The topological polar surface area (TPSA) is 46.6 Å². The molecular formula is C24H31NO3. The Labute approximate surface area is 168 Å². The molecule has 2 rings (SSSR count). The largest absolute Gasteiger partial charge is 0.465 e. The first-order chi connectivity index (χ1) is 13.3. The second-order valence-corrected chi connectivity index (χ2v) is 8.02. The number of carbonyl (C=O) groups excluding carboxylic acids is 2. The van der Waals surface area contributed by atoms with Gasteiger partial charge in [-0.3, -0.25) is 14.5 Å². The zero-order valence-electron chi connectivity index (χ0n) is 17.4. The van der Waals surface area contributed by atoms with Gasteiger partial charge in [0.2, 0.25) is 0 Å². The minimum atomic E-state index is -0.618. The third-order valence-electron chi connectivity index (χ3n) is 4.67. The monoisotopic (exact) mass is 381 g/mol. The van der Waals surface area contributed by atoms with Crippen molar-refractivity contribution in [3.8, 4) is 0 Å². The summed E-state index contributed by atoms with van der Waals surface area (Å²) in [5.74, 6) is -0.288. The van der Waals surface area contributed by atoms with Crippen LogP contribution in [0, 0.1) is 5.41 Å². The van der Waals surface area contributed by atoms with Crippen molar-refractivity contribution >= 4 is 11.8 Å². The predicted octanol–water partition coefficient (Wildman–Crippen LogP) is 4.63. The molecule has 1 unspecified atom stereocenters. The van der Waals surface area contributed by atoms with Crippen molar-refractivity contribution in [2.24, 2.45) is 5.41 Å². The first-order valence-electron chi connectivity index (χ1n) is 9.83. The van der Waals surface area contributed by atoms with Crippen LogP contribution in [0.25, 0.3) is 0 Å². The molecule has 2 aromatic carbocycles. The Morgan fingerprint density at radius 3 is 1.75 bits per heavy atom. The van der Waals surface area contributed by atoms with Gasteiger partial charge in [0.25, 0.3) is 0 Å². The van der Waals surface area contributed by atoms with Gasteiger partial charge in [0.15, 0.2) is 0 Å². The number of esters is 1. The van der Waals surface area contributed by atoms with Crippen LogP contribution in [-0.2, 0) is 27.4 Å². The van der Waals surface area contributed by atoms with Gasteiger partial charge in [-0.05, 0) is 18.1 Å². The van der Waals surface area contributed by atoms with Crippen LogP contribution in [0.15, 0.2) is 60.7 Å². The van der Waals surface area contributed by atoms with Gasteiger partial charge in [-0.1, -0.05) is 81.4 Å². The van der Waals surface area contributed by atoms with E-state index in [0.29, 0.717) is 19.7 Å². The summed E-state index contributed by atoms with van der Waals surface area (Å²) in [7, 11) is 0. The number of hydrogen-bond donors (Lipinski definition) is 0. The summed E-state index contributed by atoms with van der Waals surface area (Å²) in [4.78, 5) is 27.6. The van der Waals surface area contributed by atoms with Gasteiger partial charge in [-0.15, -0.1) is 0 Å². The summed E-state index contributed by atoms with van der Waals surface area (Å²) in [6.45, 7) is 8.87. The number of nitrogens with zero attached hydrogens (tertiary/aromatic N) is 1. The number of Topliss-reactive ketones (excluding diaryl/α,β-unsaturated/α-hetero) is 1. The smallest absolute Gasteiger partial charge is 0.323 e. The summed E-state index contributed by atoms with van der Waals surface area (Å²) in [6.07, 6.45) is 0.141. The van der Waals surface area contributed by atoms with Crippen molar-refractivity contribution in [2.45, 2.75) is 53.2 Å². The zero-order valence-corrected chi connectivity index (χ0v) is 17.4. The Bertz CT molecular complexity index is 709. The van der Waals surface area contributed by atoms with Gasteiger partial charge in [0, 0.05) is 24.9 Å². The van der Waals surface area contributed by atoms with Crippen molar-refractivity contribution in [3.63, 3.8) is 0 Å². The molecule has 4 nitrogen and oxygen atoms in total.